The predicted octanol–water partition coefficient (Wildman–Crippen LogP) is 2.34. The third-order valence-corrected chi connectivity index (χ3v) is 3.03. The van der Waals surface area contributed by atoms with Crippen molar-refractivity contribution in [1.82, 2.24) is 9.78 Å². The van der Waals surface area contributed by atoms with Gasteiger partial charge in [-0.15, -0.1) is 0 Å². The maximum Gasteiger partial charge on any atom is 0.151 e. The van der Waals surface area contributed by atoms with Crippen molar-refractivity contribution in [2.24, 2.45) is 0 Å². The van der Waals surface area contributed by atoms with E-state index in [0.29, 0.717) is 6.04 Å². The summed E-state index contributed by atoms with van der Waals surface area (Å²) in [5.74, 6) is 0. The quantitative estimate of drug-likeness (QED) is 0.804. The number of rotatable bonds is 1. The number of nitrogen functional groups attached to an aromatic ring is 1. The van der Waals surface area contributed by atoms with Crippen molar-refractivity contribution < 1.29 is 0 Å². The number of nitrogens with two attached hydrogens (primary N) is 1. The molecule has 1 aliphatic rings. The van der Waals surface area contributed by atoms with Crippen molar-refractivity contribution >= 4 is 21.6 Å². The fourth-order valence-electron chi connectivity index (χ4n) is 1.74. The first-order valence-electron chi connectivity index (χ1n) is 4.27. The van der Waals surface area contributed by atoms with Crippen molar-refractivity contribution in [3.05, 3.63) is 10.8 Å². The van der Waals surface area contributed by atoms with Gasteiger partial charge in [0.25, 0.3) is 0 Å². The molecule has 0 bridgehead atoms. The monoisotopic (exact) mass is 229 g/mol. The highest BCUT2D eigenvalue weighted by molar-refractivity contribution is 9.10. The Morgan fingerprint density at radius 3 is 2.67 bits per heavy atom. The highest BCUT2D eigenvalue weighted by Gasteiger charge is 2.18. The predicted molar refractivity (Wildman–Crippen MR) is 51.8 cm³/mol. The SMILES string of the molecule is Nc1cn(C2CCCC2)nc1Br. The largest absolute Gasteiger partial charge is 0.395 e. The number of hydrogen-bond acceptors (Lipinski definition) is 2. The van der Waals surface area contributed by atoms with Crippen LogP contribution < -0.4 is 5.73 Å². The Morgan fingerprint density at radius 1 is 1.50 bits per heavy atom. The Kier molecular flexibility index (Phi) is 2.09. The van der Waals surface area contributed by atoms with E-state index >= 15 is 0 Å². The first-order valence-corrected chi connectivity index (χ1v) is 5.07. The second-order valence-corrected chi connectivity index (χ2v) is 4.04. The summed E-state index contributed by atoms with van der Waals surface area (Å²) in [6, 6.07) is 0.582. The van der Waals surface area contributed by atoms with Crippen LogP contribution >= 0.6 is 15.9 Å². The minimum atomic E-state index is 0.582. The van der Waals surface area contributed by atoms with E-state index < -0.39 is 0 Å². The minimum Gasteiger partial charge on any atom is -0.395 e. The molecule has 0 saturated heterocycles. The zero-order valence-corrected chi connectivity index (χ0v) is 8.42. The Hall–Kier alpha value is -0.510. The van der Waals surface area contributed by atoms with Crippen LogP contribution in [0.15, 0.2) is 10.8 Å². The second kappa shape index (κ2) is 3.09. The lowest BCUT2D eigenvalue weighted by atomic mass is 10.3. The van der Waals surface area contributed by atoms with E-state index in [0.717, 1.165) is 10.3 Å². The molecule has 1 aromatic rings. The molecule has 1 saturated carbocycles. The van der Waals surface area contributed by atoms with E-state index in [4.69, 9.17) is 5.73 Å². The number of nitrogens with zero attached hydrogens (tertiary/aromatic N) is 2. The molecule has 0 spiro atoms. The number of aromatic nitrogens is 2. The summed E-state index contributed by atoms with van der Waals surface area (Å²) in [6.07, 6.45) is 7.05. The molecule has 3 nitrogen and oxygen atoms in total. The molecule has 2 rings (SSSR count). The van der Waals surface area contributed by atoms with Crippen LogP contribution in [0.1, 0.15) is 31.7 Å². The maximum atomic E-state index is 5.68. The van der Waals surface area contributed by atoms with Gasteiger partial charge in [0.05, 0.1) is 11.7 Å². The summed E-state index contributed by atoms with van der Waals surface area (Å²) >= 11 is 3.31. The Balaban J connectivity index is 2.21. The van der Waals surface area contributed by atoms with E-state index in [1.807, 2.05) is 10.9 Å². The van der Waals surface area contributed by atoms with Crippen LogP contribution in [0.3, 0.4) is 0 Å². The first-order chi connectivity index (χ1) is 5.77. The molecule has 1 aromatic heterocycles. The van der Waals surface area contributed by atoms with Gasteiger partial charge in [0, 0.05) is 6.20 Å². The van der Waals surface area contributed by atoms with Crippen molar-refractivity contribution in [2.45, 2.75) is 31.7 Å². The average Bonchev–Trinajstić information content (AvgIpc) is 2.61. The number of anilines is 1. The summed E-state index contributed by atoms with van der Waals surface area (Å²) in [5.41, 5.74) is 6.42. The summed E-state index contributed by atoms with van der Waals surface area (Å²) in [6.45, 7) is 0. The number of halogens is 1. The lowest BCUT2D eigenvalue weighted by Crippen LogP contribution is -2.04. The van der Waals surface area contributed by atoms with Crippen LogP contribution in [0.5, 0.6) is 0 Å². The molecule has 0 aromatic carbocycles. The van der Waals surface area contributed by atoms with E-state index in [1.165, 1.54) is 25.7 Å². The first kappa shape index (κ1) is 8.10. The fourth-order valence-corrected chi connectivity index (χ4v) is 2.03. The fraction of sp³-hybridized carbons (Fsp3) is 0.625. The summed E-state index contributed by atoms with van der Waals surface area (Å²) < 4.78 is 2.77. The molecule has 2 N–H and O–H groups in total. The third-order valence-electron chi connectivity index (χ3n) is 2.41. The second-order valence-electron chi connectivity index (χ2n) is 3.29. The van der Waals surface area contributed by atoms with E-state index in [-0.39, 0.29) is 0 Å². The van der Waals surface area contributed by atoms with Gasteiger partial charge in [0.15, 0.2) is 4.60 Å². The molecule has 12 heavy (non-hydrogen) atoms. The highest BCUT2D eigenvalue weighted by atomic mass is 79.9. The standard InChI is InChI=1S/C8H12BrN3/c9-8-7(10)5-12(11-8)6-3-1-2-4-6/h5-6H,1-4,10H2. The van der Waals surface area contributed by atoms with Gasteiger partial charge in [-0.3, -0.25) is 4.68 Å². The Bertz CT molecular complexity index is 256. The molecule has 66 valence electrons. The lowest BCUT2D eigenvalue weighted by Gasteiger charge is -2.07. The van der Waals surface area contributed by atoms with Crippen molar-refractivity contribution in [3.8, 4) is 0 Å². The third kappa shape index (κ3) is 1.35. The summed E-state index contributed by atoms with van der Waals surface area (Å²) in [5, 5.41) is 4.30. The van der Waals surface area contributed by atoms with Crippen molar-refractivity contribution in [2.75, 3.05) is 5.73 Å². The normalized spacial score (nSPS) is 18.8. The van der Waals surface area contributed by atoms with Crippen LogP contribution in [0.4, 0.5) is 5.69 Å². The molecule has 0 amide bonds. The molecular weight excluding hydrogens is 218 g/mol. The van der Waals surface area contributed by atoms with Gasteiger partial charge < -0.3 is 5.73 Å². The topological polar surface area (TPSA) is 43.8 Å². The molecule has 0 radical (unpaired) electrons. The van der Waals surface area contributed by atoms with Gasteiger partial charge in [0.2, 0.25) is 0 Å². The summed E-state index contributed by atoms with van der Waals surface area (Å²) in [4.78, 5) is 0. The van der Waals surface area contributed by atoms with Crippen molar-refractivity contribution in [1.29, 1.82) is 0 Å². The molecular formula is C8H12BrN3. The van der Waals surface area contributed by atoms with E-state index in [9.17, 15) is 0 Å². The Morgan fingerprint density at radius 2 is 2.17 bits per heavy atom. The number of hydrogen-bond donors (Lipinski definition) is 1. The van der Waals surface area contributed by atoms with Crippen LogP contribution in [0.2, 0.25) is 0 Å². The average molecular weight is 230 g/mol. The zero-order chi connectivity index (χ0) is 8.55. The van der Waals surface area contributed by atoms with E-state index in [1.54, 1.807) is 0 Å². The smallest absolute Gasteiger partial charge is 0.151 e. The van der Waals surface area contributed by atoms with Crippen LogP contribution in [0.25, 0.3) is 0 Å². The molecule has 1 heterocycles. The van der Waals surface area contributed by atoms with Crippen LogP contribution in [-0.2, 0) is 0 Å². The molecule has 1 aliphatic carbocycles. The summed E-state index contributed by atoms with van der Waals surface area (Å²) in [7, 11) is 0. The van der Waals surface area contributed by atoms with E-state index in [2.05, 4.69) is 21.0 Å². The van der Waals surface area contributed by atoms with Gasteiger partial charge in [0.1, 0.15) is 0 Å². The lowest BCUT2D eigenvalue weighted by molar-refractivity contribution is 0.465. The minimum absolute atomic E-state index is 0.582. The molecule has 1 fully saturated rings. The molecule has 4 heteroatoms. The van der Waals surface area contributed by atoms with Gasteiger partial charge in [-0.05, 0) is 28.8 Å². The Labute approximate surface area is 80.1 Å². The maximum absolute atomic E-state index is 5.68. The van der Waals surface area contributed by atoms with Gasteiger partial charge in [-0.25, -0.2) is 0 Å². The van der Waals surface area contributed by atoms with Gasteiger partial charge >= 0.3 is 0 Å². The zero-order valence-electron chi connectivity index (χ0n) is 6.83. The van der Waals surface area contributed by atoms with Gasteiger partial charge in [-0.1, -0.05) is 12.8 Å². The molecule has 0 aliphatic heterocycles. The van der Waals surface area contributed by atoms with Crippen LogP contribution in [-0.4, -0.2) is 9.78 Å². The molecule has 0 atom stereocenters. The van der Waals surface area contributed by atoms with Crippen LogP contribution in [0, 0.1) is 0 Å². The molecule has 0 unspecified atom stereocenters. The van der Waals surface area contributed by atoms with Crippen molar-refractivity contribution in [3.63, 3.8) is 0 Å². The highest BCUT2D eigenvalue weighted by Crippen LogP contribution is 2.30. The van der Waals surface area contributed by atoms with Gasteiger partial charge in [-0.2, -0.15) is 5.10 Å².